The van der Waals surface area contributed by atoms with Gasteiger partial charge in [0.25, 0.3) is 0 Å². The van der Waals surface area contributed by atoms with E-state index in [1.165, 1.54) is 0 Å². The van der Waals surface area contributed by atoms with Gasteiger partial charge in [-0.3, -0.25) is 0 Å². The van der Waals surface area contributed by atoms with Gasteiger partial charge in [-0.05, 0) is 25.8 Å². The van der Waals surface area contributed by atoms with Crippen molar-refractivity contribution in [2.24, 2.45) is 0 Å². The Kier molecular flexibility index (Phi) is 3.83. The Bertz CT molecular complexity index is 108. The highest BCUT2D eigenvalue weighted by Crippen LogP contribution is 2.08. The van der Waals surface area contributed by atoms with Crippen LogP contribution in [0.2, 0.25) is 0 Å². The van der Waals surface area contributed by atoms with Crippen molar-refractivity contribution in [3.05, 3.63) is 0 Å². The Labute approximate surface area is 67.6 Å². The molecule has 0 spiro atoms. The maximum atomic E-state index is 9.17. The molecule has 1 heterocycles. The molecule has 1 fully saturated rings. The van der Waals surface area contributed by atoms with Crippen molar-refractivity contribution in [1.82, 2.24) is 4.90 Å². The fourth-order valence-corrected chi connectivity index (χ4v) is 1.46. The van der Waals surface area contributed by atoms with E-state index < -0.39 is 0 Å². The van der Waals surface area contributed by atoms with Crippen molar-refractivity contribution in [3.63, 3.8) is 0 Å². The van der Waals surface area contributed by atoms with Crippen LogP contribution in [0, 0.1) is 0 Å². The number of unbranched alkanes of at least 4 members (excludes halogenated alkanes) is 1. The second-order valence-corrected chi connectivity index (χ2v) is 3.17. The molecule has 3 nitrogen and oxygen atoms in total. The Morgan fingerprint density at radius 3 is 2.73 bits per heavy atom. The van der Waals surface area contributed by atoms with E-state index in [-0.39, 0.29) is 12.7 Å². The summed E-state index contributed by atoms with van der Waals surface area (Å²) in [5.41, 5.74) is 0. The Morgan fingerprint density at radius 2 is 2.18 bits per heavy atom. The first-order valence-electron chi connectivity index (χ1n) is 4.34. The second-order valence-electron chi connectivity index (χ2n) is 3.17. The van der Waals surface area contributed by atoms with Crippen LogP contribution in [0.25, 0.3) is 0 Å². The summed E-state index contributed by atoms with van der Waals surface area (Å²) < 4.78 is 0. The van der Waals surface area contributed by atoms with Gasteiger partial charge in [-0.1, -0.05) is 0 Å². The molecule has 0 saturated carbocycles. The van der Waals surface area contributed by atoms with Gasteiger partial charge in [0.05, 0.1) is 6.10 Å². The summed E-state index contributed by atoms with van der Waals surface area (Å²) in [6.45, 7) is 3.16. The van der Waals surface area contributed by atoms with Gasteiger partial charge in [0.1, 0.15) is 0 Å². The van der Waals surface area contributed by atoms with E-state index in [2.05, 4.69) is 4.90 Å². The largest absolute Gasteiger partial charge is 0.396 e. The summed E-state index contributed by atoms with van der Waals surface area (Å²) >= 11 is 0. The lowest BCUT2D eigenvalue weighted by Gasteiger charge is -2.13. The van der Waals surface area contributed by atoms with E-state index in [1.54, 1.807) is 0 Å². The zero-order valence-corrected chi connectivity index (χ0v) is 6.87. The third kappa shape index (κ3) is 3.18. The van der Waals surface area contributed by atoms with Gasteiger partial charge < -0.3 is 15.1 Å². The molecule has 0 aromatic rings. The fourth-order valence-electron chi connectivity index (χ4n) is 1.46. The molecule has 1 aliphatic heterocycles. The van der Waals surface area contributed by atoms with Crippen LogP contribution < -0.4 is 0 Å². The van der Waals surface area contributed by atoms with Crippen LogP contribution in [0.5, 0.6) is 0 Å². The molecule has 0 aromatic heterocycles. The maximum absolute atomic E-state index is 9.17. The van der Waals surface area contributed by atoms with E-state index in [1.807, 2.05) is 0 Å². The van der Waals surface area contributed by atoms with Gasteiger partial charge in [-0.2, -0.15) is 0 Å². The molecule has 1 saturated heterocycles. The van der Waals surface area contributed by atoms with E-state index in [9.17, 15) is 0 Å². The first-order chi connectivity index (χ1) is 5.33. The molecule has 66 valence electrons. The van der Waals surface area contributed by atoms with Crippen LogP contribution >= 0.6 is 0 Å². The molecule has 0 radical (unpaired) electrons. The van der Waals surface area contributed by atoms with Crippen molar-refractivity contribution >= 4 is 0 Å². The van der Waals surface area contributed by atoms with Crippen molar-refractivity contribution in [1.29, 1.82) is 0 Å². The monoisotopic (exact) mass is 159 g/mol. The Hall–Kier alpha value is -0.120. The zero-order valence-electron chi connectivity index (χ0n) is 6.87. The minimum Gasteiger partial charge on any atom is -0.396 e. The summed E-state index contributed by atoms with van der Waals surface area (Å²) in [7, 11) is 0. The third-order valence-electron chi connectivity index (χ3n) is 2.13. The average Bonchev–Trinajstić information content (AvgIpc) is 2.37. The molecule has 1 aliphatic rings. The van der Waals surface area contributed by atoms with Crippen LogP contribution in [-0.2, 0) is 0 Å². The van der Waals surface area contributed by atoms with Crippen LogP contribution in [0.4, 0.5) is 0 Å². The molecule has 0 amide bonds. The third-order valence-corrected chi connectivity index (χ3v) is 2.13. The number of nitrogens with zero attached hydrogens (tertiary/aromatic N) is 1. The highest BCUT2D eigenvalue weighted by atomic mass is 16.3. The van der Waals surface area contributed by atoms with Crippen LogP contribution in [0.15, 0.2) is 0 Å². The van der Waals surface area contributed by atoms with E-state index in [0.29, 0.717) is 0 Å². The van der Waals surface area contributed by atoms with E-state index in [0.717, 1.165) is 38.9 Å². The maximum Gasteiger partial charge on any atom is 0.0679 e. The predicted molar refractivity (Wildman–Crippen MR) is 43.4 cm³/mol. The highest BCUT2D eigenvalue weighted by Gasteiger charge is 2.18. The summed E-state index contributed by atoms with van der Waals surface area (Å²) in [6, 6.07) is 0. The van der Waals surface area contributed by atoms with E-state index >= 15 is 0 Å². The van der Waals surface area contributed by atoms with Crippen LogP contribution in [0.1, 0.15) is 19.3 Å². The molecule has 1 rings (SSSR count). The predicted octanol–water partition coefficient (Wildman–Crippen LogP) is -0.175. The quantitative estimate of drug-likeness (QED) is 0.559. The summed E-state index contributed by atoms with van der Waals surface area (Å²) in [5, 5.41) is 17.7. The molecule has 1 unspecified atom stereocenters. The Balaban J connectivity index is 1.99. The summed E-state index contributed by atoms with van der Waals surface area (Å²) in [4.78, 5) is 2.25. The smallest absolute Gasteiger partial charge is 0.0679 e. The molecule has 3 heteroatoms. The highest BCUT2D eigenvalue weighted by molar-refractivity contribution is 4.73. The van der Waals surface area contributed by atoms with Gasteiger partial charge in [-0.15, -0.1) is 0 Å². The van der Waals surface area contributed by atoms with E-state index in [4.69, 9.17) is 10.2 Å². The van der Waals surface area contributed by atoms with Crippen molar-refractivity contribution in [2.75, 3.05) is 26.2 Å². The second kappa shape index (κ2) is 4.70. The number of likely N-dealkylation sites (tertiary alicyclic amines) is 1. The zero-order chi connectivity index (χ0) is 8.10. The molecule has 2 N–H and O–H groups in total. The lowest BCUT2D eigenvalue weighted by atomic mass is 10.3. The first kappa shape index (κ1) is 8.97. The number of aliphatic hydroxyl groups excluding tert-OH is 2. The van der Waals surface area contributed by atoms with Gasteiger partial charge in [0.2, 0.25) is 0 Å². The molecule has 0 aromatic carbocycles. The van der Waals surface area contributed by atoms with Gasteiger partial charge in [0.15, 0.2) is 0 Å². The number of rotatable bonds is 4. The first-order valence-corrected chi connectivity index (χ1v) is 4.34. The molecule has 1 atom stereocenters. The van der Waals surface area contributed by atoms with Gasteiger partial charge in [-0.25, -0.2) is 0 Å². The average molecular weight is 159 g/mol. The summed E-state index contributed by atoms with van der Waals surface area (Å²) in [6.07, 6.45) is 2.73. The molecule has 0 aliphatic carbocycles. The van der Waals surface area contributed by atoms with Crippen LogP contribution in [0.3, 0.4) is 0 Å². The topological polar surface area (TPSA) is 43.7 Å². The lowest BCUT2D eigenvalue weighted by molar-refractivity contribution is 0.174. The summed E-state index contributed by atoms with van der Waals surface area (Å²) in [5.74, 6) is 0. The van der Waals surface area contributed by atoms with Crippen molar-refractivity contribution in [3.8, 4) is 0 Å². The van der Waals surface area contributed by atoms with Crippen molar-refractivity contribution < 1.29 is 10.2 Å². The molecular formula is C8H17NO2. The fraction of sp³-hybridized carbons (Fsp3) is 1.00. The number of aliphatic hydroxyl groups is 2. The van der Waals surface area contributed by atoms with Gasteiger partial charge >= 0.3 is 0 Å². The SMILES string of the molecule is OCCCCN1CCC(O)C1. The number of β-amino-alcohol motifs (C(OH)–C–C–N with tert-alkyl or cyclic N) is 1. The number of hydrogen-bond donors (Lipinski definition) is 2. The van der Waals surface area contributed by atoms with Gasteiger partial charge in [0, 0.05) is 19.7 Å². The normalized spacial score (nSPS) is 26.2. The molecule has 11 heavy (non-hydrogen) atoms. The lowest BCUT2D eigenvalue weighted by Crippen LogP contribution is -2.23. The molecule has 0 bridgehead atoms. The van der Waals surface area contributed by atoms with Crippen LogP contribution in [-0.4, -0.2) is 47.5 Å². The minimum absolute atomic E-state index is 0.107. The number of hydrogen-bond acceptors (Lipinski definition) is 3. The Morgan fingerprint density at radius 1 is 1.36 bits per heavy atom. The standard InChI is InChI=1S/C8H17NO2/c10-6-2-1-4-9-5-3-8(11)7-9/h8,10-11H,1-7H2. The molecular weight excluding hydrogens is 142 g/mol. The van der Waals surface area contributed by atoms with Crippen molar-refractivity contribution in [2.45, 2.75) is 25.4 Å². The minimum atomic E-state index is -0.107.